The number of aromatic nitrogens is 2. The number of carbonyl (C=O) groups is 1. The number of aliphatic hydroxyl groups excluding tert-OH is 1. The predicted octanol–water partition coefficient (Wildman–Crippen LogP) is 0.915. The number of likely N-dealkylation sites (tertiary alicyclic amines) is 1. The van der Waals surface area contributed by atoms with Crippen molar-refractivity contribution in [1.82, 2.24) is 14.5 Å². The molecule has 0 aliphatic carbocycles. The highest BCUT2D eigenvalue weighted by molar-refractivity contribution is 7.03. The van der Waals surface area contributed by atoms with Gasteiger partial charge in [0.2, 0.25) is 0 Å². The summed E-state index contributed by atoms with van der Waals surface area (Å²) in [6, 6.07) is 0.265. The molecule has 5 nitrogen and oxygen atoms in total. The molecule has 0 radical (unpaired) electrons. The standard InChI is InChI=1S/C10H15N3O2S/c14-6-2-4-8-3-1-5-13(8)10(15)9-7-16-12-11-9/h7-8,14H,1-6H2. The summed E-state index contributed by atoms with van der Waals surface area (Å²) in [5.41, 5.74) is 0.445. The first-order valence-corrected chi connectivity index (χ1v) is 6.35. The fraction of sp³-hybridized carbons (Fsp3) is 0.700. The van der Waals surface area contributed by atoms with Gasteiger partial charge in [-0.05, 0) is 37.2 Å². The molecule has 6 heteroatoms. The van der Waals surface area contributed by atoms with Crippen molar-refractivity contribution in [2.75, 3.05) is 13.2 Å². The van der Waals surface area contributed by atoms with Crippen LogP contribution in [-0.4, -0.2) is 44.7 Å². The Hall–Kier alpha value is -1.01. The number of rotatable bonds is 4. The molecule has 2 heterocycles. The highest BCUT2D eigenvalue weighted by Crippen LogP contribution is 2.23. The van der Waals surface area contributed by atoms with E-state index in [-0.39, 0.29) is 18.6 Å². The van der Waals surface area contributed by atoms with Gasteiger partial charge in [0.1, 0.15) is 0 Å². The minimum absolute atomic E-state index is 0.0193. The van der Waals surface area contributed by atoms with Crippen LogP contribution in [0.5, 0.6) is 0 Å². The molecule has 1 aliphatic heterocycles. The van der Waals surface area contributed by atoms with Crippen molar-refractivity contribution in [3.05, 3.63) is 11.1 Å². The number of nitrogens with zero attached hydrogens (tertiary/aromatic N) is 3. The molecule has 1 aromatic heterocycles. The summed E-state index contributed by atoms with van der Waals surface area (Å²) in [6.07, 6.45) is 3.70. The van der Waals surface area contributed by atoms with Crippen molar-refractivity contribution < 1.29 is 9.90 Å². The molecule has 0 spiro atoms. The Labute approximate surface area is 98.2 Å². The third-order valence-corrected chi connectivity index (χ3v) is 3.42. The summed E-state index contributed by atoms with van der Waals surface area (Å²) in [7, 11) is 0. The molecule has 2 rings (SSSR count). The van der Waals surface area contributed by atoms with Crippen molar-refractivity contribution in [2.45, 2.75) is 31.7 Å². The summed E-state index contributed by atoms with van der Waals surface area (Å²) in [4.78, 5) is 13.9. The number of carbonyl (C=O) groups excluding carboxylic acids is 1. The topological polar surface area (TPSA) is 66.3 Å². The Balaban J connectivity index is 1.99. The highest BCUT2D eigenvalue weighted by atomic mass is 32.1. The van der Waals surface area contributed by atoms with E-state index >= 15 is 0 Å². The van der Waals surface area contributed by atoms with Gasteiger partial charge in [0.25, 0.3) is 5.91 Å². The summed E-state index contributed by atoms with van der Waals surface area (Å²) in [5.74, 6) is -0.0193. The molecular formula is C10H15N3O2S. The van der Waals surface area contributed by atoms with Gasteiger partial charge in [-0.1, -0.05) is 4.49 Å². The van der Waals surface area contributed by atoms with Crippen LogP contribution in [0.4, 0.5) is 0 Å². The zero-order chi connectivity index (χ0) is 11.4. The Bertz CT molecular complexity index is 342. The fourth-order valence-corrected chi connectivity index (χ4v) is 2.57. The van der Waals surface area contributed by atoms with E-state index < -0.39 is 0 Å². The van der Waals surface area contributed by atoms with Gasteiger partial charge in [0.15, 0.2) is 5.69 Å². The van der Waals surface area contributed by atoms with Gasteiger partial charge in [0.05, 0.1) is 0 Å². The van der Waals surface area contributed by atoms with Crippen LogP contribution in [-0.2, 0) is 0 Å². The molecular weight excluding hydrogens is 226 g/mol. The summed E-state index contributed by atoms with van der Waals surface area (Å²) in [6.45, 7) is 0.989. The summed E-state index contributed by atoms with van der Waals surface area (Å²) in [5, 5.41) is 14.3. The molecule has 88 valence electrons. The Morgan fingerprint density at radius 2 is 2.56 bits per heavy atom. The van der Waals surface area contributed by atoms with Gasteiger partial charge >= 0.3 is 0 Å². The smallest absolute Gasteiger partial charge is 0.275 e. The van der Waals surface area contributed by atoms with Gasteiger partial charge in [-0.2, -0.15) is 0 Å². The van der Waals surface area contributed by atoms with Crippen molar-refractivity contribution >= 4 is 17.4 Å². The van der Waals surface area contributed by atoms with E-state index in [9.17, 15) is 4.79 Å². The summed E-state index contributed by atoms with van der Waals surface area (Å²) >= 11 is 1.20. The largest absolute Gasteiger partial charge is 0.396 e. The molecule has 1 aliphatic rings. The highest BCUT2D eigenvalue weighted by Gasteiger charge is 2.29. The van der Waals surface area contributed by atoms with Crippen molar-refractivity contribution in [1.29, 1.82) is 0 Å². The van der Waals surface area contributed by atoms with Gasteiger partial charge in [-0.3, -0.25) is 4.79 Å². The van der Waals surface area contributed by atoms with E-state index in [0.29, 0.717) is 5.69 Å². The van der Waals surface area contributed by atoms with Crippen LogP contribution in [0.15, 0.2) is 5.38 Å². The zero-order valence-corrected chi connectivity index (χ0v) is 9.82. The molecule has 1 fully saturated rings. The molecule has 1 unspecified atom stereocenters. The lowest BCUT2D eigenvalue weighted by Crippen LogP contribution is -2.35. The second-order valence-electron chi connectivity index (χ2n) is 3.95. The quantitative estimate of drug-likeness (QED) is 0.851. The van der Waals surface area contributed by atoms with Crippen molar-refractivity contribution in [3.63, 3.8) is 0 Å². The molecule has 1 amide bonds. The normalized spacial score (nSPS) is 20.3. The zero-order valence-electron chi connectivity index (χ0n) is 9.00. The van der Waals surface area contributed by atoms with Crippen molar-refractivity contribution in [3.8, 4) is 0 Å². The summed E-state index contributed by atoms with van der Waals surface area (Å²) < 4.78 is 3.71. The van der Waals surface area contributed by atoms with E-state index in [4.69, 9.17) is 5.11 Å². The van der Waals surface area contributed by atoms with Crippen LogP contribution in [0.2, 0.25) is 0 Å². The third kappa shape index (κ3) is 2.38. The minimum atomic E-state index is -0.0193. The fourth-order valence-electron chi connectivity index (χ4n) is 2.14. The Morgan fingerprint density at radius 1 is 1.69 bits per heavy atom. The third-order valence-electron chi connectivity index (χ3n) is 2.91. The number of hydrogen-bond donors (Lipinski definition) is 1. The maximum absolute atomic E-state index is 12.0. The second kappa shape index (κ2) is 5.36. The van der Waals surface area contributed by atoms with Gasteiger partial charge in [0, 0.05) is 24.6 Å². The van der Waals surface area contributed by atoms with Crippen LogP contribution in [0.3, 0.4) is 0 Å². The average molecular weight is 241 g/mol. The van der Waals surface area contributed by atoms with E-state index in [0.717, 1.165) is 32.2 Å². The van der Waals surface area contributed by atoms with E-state index in [1.54, 1.807) is 5.38 Å². The number of amides is 1. The Morgan fingerprint density at radius 3 is 3.25 bits per heavy atom. The van der Waals surface area contributed by atoms with Crippen LogP contribution >= 0.6 is 11.5 Å². The van der Waals surface area contributed by atoms with E-state index in [1.807, 2.05) is 4.90 Å². The number of aliphatic hydroxyl groups is 1. The first kappa shape index (κ1) is 11.5. The molecule has 0 saturated carbocycles. The van der Waals surface area contributed by atoms with Gasteiger partial charge in [-0.25, -0.2) is 0 Å². The molecule has 1 atom stereocenters. The second-order valence-corrected chi connectivity index (χ2v) is 4.56. The monoisotopic (exact) mass is 241 g/mol. The first-order chi connectivity index (χ1) is 7.83. The van der Waals surface area contributed by atoms with Crippen LogP contribution in [0, 0.1) is 0 Å². The maximum Gasteiger partial charge on any atom is 0.275 e. The Kier molecular flexibility index (Phi) is 3.84. The van der Waals surface area contributed by atoms with Crippen LogP contribution in [0.25, 0.3) is 0 Å². The SMILES string of the molecule is O=C(c1csnn1)N1CCCC1CCCO. The minimum Gasteiger partial charge on any atom is -0.396 e. The molecule has 1 saturated heterocycles. The molecule has 0 bridgehead atoms. The molecule has 1 N–H and O–H groups in total. The molecule has 16 heavy (non-hydrogen) atoms. The van der Waals surface area contributed by atoms with E-state index in [1.165, 1.54) is 11.5 Å². The first-order valence-electron chi connectivity index (χ1n) is 5.52. The lowest BCUT2D eigenvalue weighted by atomic mass is 10.1. The maximum atomic E-state index is 12.0. The lowest BCUT2D eigenvalue weighted by molar-refractivity contribution is 0.0718. The average Bonchev–Trinajstić information content (AvgIpc) is 2.96. The van der Waals surface area contributed by atoms with Crippen molar-refractivity contribution in [2.24, 2.45) is 0 Å². The van der Waals surface area contributed by atoms with Crippen LogP contribution < -0.4 is 0 Å². The van der Waals surface area contributed by atoms with Gasteiger partial charge in [-0.15, -0.1) is 5.10 Å². The molecule has 1 aromatic rings. The van der Waals surface area contributed by atoms with Gasteiger partial charge < -0.3 is 10.0 Å². The number of hydrogen-bond acceptors (Lipinski definition) is 5. The van der Waals surface area contributed by atoms with E-state index in [2.05, 4.69) is 9.59 Å². The molecule has 0 aromatic carbocycles. The lowest BCUT2D eigenvalue weighted by Gasteiger charge is -2.23. The van der Waals surface area contributed by atoms with Crippen LogP contribution in [0.1, 0.15) is 36.2 Å². The predicted molar refractivity (Wildman–Crippen MR) is 60.3 cm³/mol.